The SMILES string of the molecule is CCNC(=NCc1ccc(Oc2cccnc2)c(F)c1)NC1CC1C. The molecule has 1 saturated carbocycles. The highest BCUT2D eigenvalue weighted by Crippen LogP contribution is 2.29. The van der Waals surface area contributed by atoms with Gasteiger partial charge in [-0.2, -0.15) is 0 Å². The summed E-state index contributed by atoms with van der Waals surface area (Å²) in [6.07, 6.45) is 4.35. The van der Waals surface area contributed by atoms with Gasteiger partial charge in [0.05, 0.1) is 12.7 Å². The largest absolute Gasteiger partial charge is 0.453 e. The third-order valence-corrected chi connectivity index (χ3v) is 4.05. The maximum Gasteiger partial charge on any atom is 0.191 e. The molecule has 1 heterocycles. The Kier molecular flexibility index (Phi) is 5.48. The minimum Gasteiger partial charge on any atom is -0.453 e. The highest BCUT2D eigenvalue weighted by atomic mass is 19.1. The van der Waals surface area contributed by atoms with Crippen LogP contribution in [-0.2, 0) is 6.54 Å². The summed E-state index contributed by atoms with van der Waals surface area (Å²) in [6, 6.07) is 8.87. The number of ether oxygens (including phenoxy) is 1. The number of hydrogen-bond acceptors (Lipinski definition) is 3. The zero-order valence-corrected chi connectivity index (χ0v) is 14.5. The summed E-state index contributed by atoms with van der Waals surface area (Å²) in [5.74, 6) is 1.73. The Balaban J connectivity index is 1.64. The first kappa shape index (κ1) is 17.2. The van der Waals surface area contributed by atoms with Crippen molar-refractivity contribution in [2.24, 2.45) is 10.9 Å². The fraction of sp³-hybridized carbons (Fsp3) is 0.368. The number of aromatic nitrogens is 1. The van der Waals surface area contributed by atoms with Crippen LogP contribution < -0.4 is 15.4 Å². The molecule has 1 aliphatic rings. The van der Waals surface area contributed by atoms with Crippen molar-refractivity contribution in [1.29, 1.82) is 0 Å². The van der Waals surface area contributed by atoms with Gasteiger partial charge in [0.15, 0.2) is 17.5 Å². The lowest BCUT2D eigenvalue weighted by molar-refractivity contribution is 0.440. The van der Waals surface area contributed by atoms with Crippen LogP contribution in [0.5, 0.6) is 11.5 Å². The van der Waals surface area contributed by atoms with Crippen LogP contribution in [0.4, 0.5) is 4.39 Å². The number of benzene rings is 1. The van der Waals surface area contributed by atoms with Gasteiger partial charge in [0.25, 0.3) is 0 Å². The molecule has 0 aliphatic heterocycles. The Labute approximate surface area is 147 Å². The van der Waals surface area contributed by atoms with Crippen molar-refractivity contribution >= 4 is 5.96 Å². The quantitative estimate of drug-likeness (QED) is 0.623. The van der Waals surface area contributed by atoms with Crippen molar-refractivity contribution in [1.82, 2.24) is 15.6 Å². The summed E-state index contributed by atoms with van der Waals surface area (Å²) in [5, 5.41) is 6.60. The Morgan fingerprint density at radius 2 is 2.24 bits per heavy atom. The monoisotopic (exact) mass is 342 g/mol. The van der Waals surface area contributed by atoms with Gasteiger partial charge in [-0.1, -0.05) is 13.0 Å². The van der Waals surface area contributed by atoms with Crippen LogP contribution >= 0.6 is 0 Å². The zero-order valence-electron chi connectivity index (χ0n) is 14.5. The summed E-state index contributed by atoms with van der Waals surface area (Å²) < 4.78 is 19.8. The van der Waals surface area contributed by atoms with Crippen LogP contribution in [0.15, 0.2) is 47.7 Å². The number of halogens is 1. The summed E-state index contributed by atoms with van der Waals surface area (Å²) in [4.78, 5) is 8.48. The van der Waals surface area contributed by atoms with E-state index in [1.807, 2.05) is 13.0 Å². The maximum atomic E-state index is 14.3. The molecule has 0 radical (unpaired) electrons. The molecule has 25 heavy (non-hydrogen) atoms. The average Bonchev–Trinajstić information content (AvgIpc) is 3.31. The molecule has 1 aromatic carbocycles. The summed E-state index contributed by atoms with van der Waals surface area (Å²) in [5.41, 5.74) is 0.789. The molecule has 0 spiro atoms. The molecule has 0 amide bonds. The normalized spacial score (nSPS) is 19.4. The highest BCUT2D eigenvalue weighted by molar-refractivity contribution is 5.80. The first-order valence-corrected chi connectivity index (χ1v) is 8.57. The molecule has 2 aromatic rings. The molecule has 6 heteroatoms. The Hall–Kier alpha value is -2.63. The maximum absolute atomic E-state index is 14.3. The van der Waals surface area contributed by atoms with Gasteiger partial charge >= 0.3 is 0 Å². The second-order valence-corrected chi connectivity index (χ2v) is 6.21. The number of rotatable bonds is 6. The van der Waals surface area contributed by atoms with Crippen LogP contribution in [0.25, 0.3) is 0 Å². The van der Waals surface area contributed by atoms with E-state index < -0.39 is 5.82 Å². The molecular weight excluding hydrogens is 319 g/mol. The van der Waals surface area contributed by atoms with Gasteiger partial charge in [0, 0.05) is 18.8 Å². The van der Waals surface area contributed by atoms with Gasteiger partial charge in [-0.3, -0.25) is 4.98 Å². The van der Waals surface area contributed by atoms with E-state index in [0.717, 1.165) is 18.1 Å². The van der Waals surface area contributed by atoms with E-state index in [2.05, 4.69) is 27.5 Å². The minimum absolute atomic E-state index is 0.178. The lowest BCUT2D eigenvalue weighted by Gasteiger charge is -2.11. The topological polar surface area (TPSA) is 58.5 Å². The van der Waals surface area contributed by atoms with Crippen molar-refractivity contribution in [2.75, 3.05) is 6.54 Å². The van der Waals surface area contributed by atoms with E-state index in [1.165, 1.54) is 12.5 Å². The Morgan fingerprint density at radius 1 is 1.40 bits per heavy atom. The molecule has 2 atom stereocenters. The number of nitrogens with one attached hydrogen (secondary N) is 2. The molecule has 5 nitrogen and oxygen atoms in total. The smallest absolute Gasteiger partial charge is 0.191 e. The molecule has 0 bridgehead atoms. The predicted molar refractivity (Wildman–Crippen MR) is 96.2 cm³/mol. The molecular formula is C19H23FN4O. The minimum atomic E-state index is -0.412. The van der Waals surface area contributed by atoms with Crippen LogP contribution in [0.3, 0.4) is 0 Å². The van der Waals surface area contributed by atoms with Gasteiger partial charge in [-0.05, 0) is 49.1 Å². The first-order valence-electron chi connectivity index (χ1n) is 8.57. The molecule has 3 rings (SSSR count). The van der Waals surface area contributed by atoms with Gasteiger partial charge in [-0.15, -0.1) is 0 Å². The van der Waals surface area contributed by atoms with E-state index in [4.69, 9.17) is 4.74 Å². The van der Waals surface area contributed by atoms with Crippen molar-refractivity contribution in [3.05, 3.63) is 54.1 Å². The number of guanidine groups is 1. The number of hydrogen-bond donors (Lipinski definition) is 2. The molecule has 1 aliphatic carbocycles. The van der Waals surface area contributed by atoms with Crippen LogP contribution in [-0.4, -0.2) is 23.5 Å². The summed E-state index contributed by atoms with van der Waals surface area (Å²) in [7, 11) is 0. The Morgan fingerprint density at radius 3 is 2.88 bits per heavy atom. The molecule has 2 N–H and O–H groups in total. The van der Waals surface area contributed by atoms with Gasteiger partial charge in [0.1, 0.15) is 5.75 Å². The molecule has 132 valence electrons. The molecule has 1 aromatic heterocycles. The standard InChI is InChI=1S/C19H23FN4O/c1-3-22-19(24-17-9-13(17)2)23-11-14-6-7-18(16(20)10-14)25-15-5-4-8-21-12-15/h4-8,10,12-13,17H,3,9,11H2,1-2H3,(H2,22,23,24). The third-order valence-electron chi connectivity index (χ3n) is 4.05. The fourth-order valence-electron chi connectivity index (χ4n) is 2.45. The lowest BCUT2D eigenvalue weighted by atomic mass is 10.2. The van der Waals surface area contributed by atoms with E-state index in [-0.39, 0.29) is 5.75 Å². The van der Waals surface area contributed by atoms with E-state index in [9.17, 15) is 4.39 Å². The van der Waals surface area contributed by atoms with Crippen molar-refractivity contribution in [2.45, 2.75) is 32.9 Å². The predicted octanol–water partition coefficient (Wildman–Crippen LogP) is 3.48. The molecule has 0 saturated heterocycles. The van der Waals surface area contributed by atoms with Crippen molar-refractivity contribution < 1.29 is 9.13 Å². The van der Waals surface area contributed by atoms with Crippen molar-refractivity contribution in [3.8, 4) is 11.5 Å². The van der Waals surface area contributed by atoms with Crippen LogP contribution in [0.1, 0.15) is 25.8 Å². The summed E-state index contributed by atoms with van der Waals surface area (Å²) >= 11 is 0. The average molecular weight is 342 g/mol. The van der Waals surface area contributed by atoms with Gasteiger partial charge in [-0.25, -0.2) is 9.38 Å². The van der Waals surface area contributed by atoms with E-state index in [0.29, 0.717) is 24.3 Å². The number of pyridine rings is 1. The van der Waals surface area contributed by atoms with E-state index >= 15 is 0 Å². The van der Waals surface area contributed by atoms with Crippen LogP contribution in [0, 0.1) is 11.7 Å². The molecule has 1 fully saturated rings. The molecule has 2 unspecified atom stereocenters. The van der Waals surface area contributed by atoms with Gasteiger partial charge in [0.2, 0.25) is 0 Å². The fourth-order valence-corrected chi connectivity index (χ4v) is 2.45. The second-order valence-electron chi connectivity index (χ2n) is 6.21. The van der Waals surface area contributed by atoms with Crippen LogP contribution in [0.2, 0.25) is 0 Å². The van der Waals surface area contributed by atoms with Crippen molar-refractivity contribution in [3.63, 3.8) is 0 Å². The second kappa shape index (κ2) is 7.96. The lowest BCUT2D eigenvalue weighted by Crippen LogP contribution is -2.39. The third kappa shape index (κ3) is 4.92. The van der Waals surface area contributed by atoms with E-state index in [1.54, 1.807) is 30.6 Å². The first-order chi connectivity index (χ1) is 12.2. The number of aliphatic imine (C=N–C) groups is 1. The summed E-state index contributed by atoms with van der Waals surface area (Å²) in [6.45, 7) is 5.43. The Bertz CT molecular complexity index is 735. The highest BCUT2D eigenvalue weighted by Gasteiger charge is 2.33. The number of nitrogens with zero attached hydrogens (tertiary/aromatic N) is 2. The zero-order chi connectivity index (χ0) is 17.6. The van der Waals surface area contributed by atoms with Gasteiger partial charge < -0.3 is 15.4 Å².